The van der Waals surface area contributed by atoms with E-state index < -0.39 is 0 Å². The molecule has 0 saturated carbocycles. The van der Waals surface area contributed by atoms with Crippen molar-refractivity contribution < 1.29 is 9.26 Å². The van der Waals surface area contributed by atoms with E-state index in [1.165, 1.54) is 0 Å². The first-order chi connectivity index (χ1) is 11.3. The highest BCUT2D eigenvalue weighted by atomic mass is 16.5. The number of rotatable bonds is 5. The molecule has 4 rings (SSSR count). The van der Waals surface area contributed by atoms with Gasteiger partial charge in [0, 0.05) is 19.3 Å². The smallest absolute Gasteiger partial charge is 0.255 e. The molecule has 1 saturated heterocycles. The second kappa shape index (κ2) is 6.10. The molecule has 7 nitrogen and oxygen atoms in total. The molecular formula is C16H19N5O2. The highest BCUT2D eigenvalue weighted by Gasteiger charge is 2.30. The Bertz CT molecular complexity index is 796. The lowest BCUT2D eigenvalue weighted by atomic mass is 10.2. The molecule has 0 aromatic carbocycles. The molecule has 1 fully saturated rings. The number of hydrogen-bond acceptors (Lipinski definition) is 6. The van der Waals surface area contributed by atoms with Gasteiger partial charge in [-0.15, -0.1) is 0 Å². The maximum Gasteiger partial charge on any atom is 0.255 e. The largest absolute Gasteiger partial charge is 0.364 e. The first-order valence-corrected chi connectivity index (χ1v) is 7.87. The zero-order valence-corrected chi connectivity index (χ0v) is 13.0. The van der Waals surface area contributed by atoms with Crippen molar-refractivity contribution in [1.82, 2.24) is 24.8 Å². The topological polar surface area (TPSA) is 77.5 Å². The molecule has 2 atom stereocenters. The van der Waals surface area contributed by atoms with Gasteiger partial charge in [0.15, 0.2) is 5.82 Å². The Kier molecular flexibility index (Phi) is 3.80. The molecule has 4 heterocycles. The molecule has 0 bridgehead atoms. The minimum atomic E-state index is -0.0706. The van der Waals surface area contributed by atoms with Gasteiger partial charge >= 0.3 is 0 Å². The van der Waals surface area contributed by atoms with Crippen LogP contribution in [0.4, 0.5) is 0 Å². The molecule has 3 aromatic heterocycles. The third-order valence-corrected chi connectivity index (χ3v) is 4.10. The monoisotopic (exact) mass is 313 g/mol. The zero-order chi connectivity index (χ0) is 15.6. The van der Waals surface area contributed by atoms with Gasteiger partial charge in [0.2, 0.25) is 0 Å². The first kappa shape index (κ1) is 14.3. The van der Waals surface area contributed by atoms with Gasteiger partial charge in [-0.05, 0) is 31.9 Å². The van der Waals surface area contributed by atoms with Gasteiger partial charge in [-0.3, -0.25) is 0 Å². The number of fused-ring (bicyclic) bond motifs is 1. The lowest BCUT2D eigenvalue weighted by Gasteiger charge is -2.12. The fourth-order valence-corrected chi connectivity index (χ4v) is 2.96. The number of aryl methyl sites for hydroxylation is 1. The molecule has 3 aromatic rings. The van der Waals surface area contributed by atoms with Crippen LogP contribution in [0, 0.1) is 6.92 Å². The van der Waals surface area contributed by atoms with Crippen molar-refractivity contribution >= 4 is 5.65 Å². The van der Waals surface area contributed by atoms with Gasteiger partial charge in [-0.2, -0.15) is 4.98 Å². The van der Waals surface area contributed by atoms with Crippen molar-refractivity contribution in [2.24, 2.45) is 0 Å². The summed E-state index contributed by atoms with van der Waals surface area (Å²) >= 11 is 0. The maximum absolute atomic E-state index is 5.99. The summed E-state index contributed by atoms with van der Waals surface area (Å²) < 4.78 is 13.3. The summed E-state index contributed by atoms with van der Waals surface area (Å²) in [5.41, 5.74) is 2.11. The van der Waals surface area contributed by atoms with Gasteiger partial charge in [0.25, 0.3) is 5.89 Å². The van der Waals surface area contributed by atoms with Gasteiger partial charge in [-0.25, -0.2) is 4.98 Å². The summed E-state index contributed by atoms with van der Waals surface area (Å²) in [5.74, 6) is 1.24. The Morgan fingerprint density at radius 2 is 2.30 bits per heavy atom. The fourth-order valence-electron chi connectivity index (χ4n) is 2.96. The second-order valence-corrected chi connectivity index (χ2v) is 5.81. The van der Waals surface area contributed by atoms with Gasteiger partial charge in [0.1, 0.15) is 11.8 Å². The summed E-state index contributed by atoms with van der Waals surface area (Å²) in [6.07, 6.45) is 5.95. The third-order valence-electron chi connectivity index (χ3n) is 4.10. The van der Waals surface area contributed by atoms with Crippen LogP contribution in [0.3, 0.4) is 0 Å². The number of aromatic nitrogens is 4. The van der Waals surface area contributed by atoms with E-state index in [9.17, 15) is 0 Å². The van der Waals surface area contributed by atoms with Crippen LogP contribution in [0.25, 0.3) is 5.65 Å². The number of nitrogens with one attached hydrogen (secondary N) is 1. The molecule has 120 valence electrons. The van der Waals surface area contributed by atoms with Crippen LogP contribution in [0.15, 0.2) is 35.1 Å². The molecule has 0 amide bonds. The molecule has 0 aliphatic carbocycles. The van der Waals surface area contributed by atoms with Gasteiger partial charge < -0.3 is 19.0 Å². The number of pyridine rings is 1. The third kappa shape index (κ3) is 2.97. The summed E-state index contributed by atoms with van der Waals surface area (Å²) in [7, 11) is 0. The normalized spacial score (nSPS) is 21.3. The van der Waals surface area contributed by atoms with E-state index in [0.717, 1.165) is 37.3 Å². The van der Waals surface area contributed by atoms with E-state index in [0.29, 0.717) is 11.7 Å². The Labute approximate surface area is 133 Å². The molecule has 0 radical (unpaired) electrons. The molecule has 1 N–H and O–H groups in total. The summed E-state index contributed by atoms with van der Waals surface area (Å²) in [5, 5.41) is 7.27. The van der Waals surface area contributed by atoms with E-state index in [-0.39, 0.29) is 12.2 Å². The number of nitrogens with zero attached hydrogens (tertiary/aromatic N) is 4. The molecule has 7 heteroatoms. The number of hydrogen-bond donors (Lipinski definition) is 1. The fraction of sp³-hybridized carbons (Fsp3) is 0.438. The van der Waals surface area contributed by atoms with Gasteiger partial charge in [-0.1, -0.05) is 11.2 Å². The Morgan fingerprint density at radius 1 is 1.35 bits per heavy atom. The molecule has 1 aliphatic heterocycles. The van der Waals surface area contributed by atoms with Crippen LogP contribution in [-0.2, 0) is 11.3 Å². The van der Waals surface area contributed by atoms with Crippen molar-refractivity contribution in [3.05, 3.63) is 48.0 Å². The zero-order valence-electron chi connectivity index (χ0n) is 13.0. The molecule has 23 heavy (non-hydrogen) atoms. The SMILES string of the molecule is Cc1noc([C@@H]2CC[C@H](CNCc3cnc4ccccn34)O2)n1. The lowest BCUT2D eigenvalue weighted by molar-refractivity contribution is 0.0263. The first-order valence-electron chi connectivity index (χ1n) is 7.87. The Balaban J connectivity index is 1.30. The minimum Gasteiger partial charge on any atom is -0.364 e. The Hall–Kier alpha value is -2.25. The average Bonchev–Trinajstić information content (AvgIpc) is 3.27. The molecule has 0 unspecified atom stereocenters. The van der Waals surface area contributed by atoms with Crippen LogP contribution >= 0.6 is 0 Å². The molecule has 1 aliphatic rings. The van der Waals surface area contributed by atoms with Crippen LogP contribution in [0.1, 0.15) is 36.4 Å². The van der Waals surface area contributed by atoms with E-state index in [4.69, 9.17) is 9.26 Å². The average molecular weight is 313 g/mol. The summed E-state index contributed by atoms with van der Waals surface area (Å²) in [4.78, 5) is 8.63. The van der Waals surface area contributed by atoms with Crippen molar-refractivity contribution in [1.29, 1.82) is 0 Å². The Morgan fingerprint density at radius 3 is 3.17 bits per heavy atom. The quantitative estimate of drug-likeness (QED) is 0.776. The van der Waals surface area contributed by atoms with Crippen molar-refractivity contribution in [2.75, 3.05) is 6.54 Å². The van der Waals surface area contributed by atoms with Crippen LogP contribution < -0.4 is 5.32 Å². The molecular weight excluding hydrogens is 294 g/mol. The highest BCUT2D eigenvalue weighted by Crippen LogP contribution is 2.31. The predicted octanol–water partition coefficient (Wildman–Crippen LogP) is 2.04. The standard InChI is InChI=1S/C16H19N5O2/c1-11-19-16(23-20-11)14-6-5-13(22-14)10-17-8-12-9-18-15-4-2-3-7-21(12)15/h2-4,7,9,13-14,17H,5-6,8,10H2,1H3/t13-,14+/m1/s1. The second-order valence-electron chi connectivity index (χ2n) is 5.81. The highest BCUT2D eigenvalue weighted by molar-refractivity contribution is 5.39. The van der Waals surface area contributed by atoms with E-state index in [1.54, 1.807) is 0 Å². The predicted molar refractivity (Wildman–Crippen MR) is 82.8 cm³/mol. The molecule has 0 spiro atoms. The summed E-state index contributed by atoms with van der Waals surface area (Å²) in [6, 6.07) is 6.00. The van der Waals surface area contributed by atoms with Crippen molar-refractivity contribution in [3.8, 4) is 0 Å². The van der Waals surface area contributed by atoms with E-state index >= 15 is 0 Å². The van der Waals surface area contributed by atoms with Crippen LogP contribution in [0.2, 0.25) is 0 Å². The van der Waals surface area contributed by atoms with Crippen LogP contribution in [-0.4, -0.2) is 32.2 Å². The van der Waals surface area contributed by atoms with E-state index in [1.807, 2.05) is 37.5 Å². The maximum atomic E-state index is 5.99. The van der Waals surface area contributed by atoms with Gasteiger partial charge in [0.05, 0.1) is 18.0 Å². The van der Waals surface area contributed by atoms with Crippen molar-refractivity contribution in [3.63, 3.8) is 0 Å². The lowest BCUT2D eigenvalue weighted by Crippen LogP contribution is -2.26. The van der Waals surface area contributed by atoms with Crippen LogP contribution in [0.5, 0.6) is 0 Å². The van der Waals surface area contributed by atoms with Crippen molar-refractivity contribution in [2.45, 2.75) is 38.5 Å². The van der Waals surface area contributed by atoms with E-state index in [2.05, 4.69) is 24.8 Å². The minimum absolute atomic E-state index is 0.0706. The summed E-state index contributed by atoms with van der Waals surface area (Å²) in [6.45, 7) is 3.37. The number of ether oxygens (including phenoxy) is 1. The number of imidazole rings is 1.